The van der Waals surface area contributed by atoms with Crippen LogP contribution in [0.5, 0.6) is 0 Å². The number of nitrogens with two attached hydrogens (primary N) is 1. The molecule has 0 fully saturated rings. The van der Waals surface area contributed by atoms with Crippen molar-refractivity contribution in [2.45, 2.75) is 21.9 Å². The molecule has 0 unspecified atom stereocenters. The number of hydrogen-bond donors (Lipinski definition) is 2. The first-order chi connectivity index (χ1) is 12.4. The van der Waals surface area contributed by atoms with Crippen LogP contribution in [0.25, 0.3) is 11.4 Å². The van der Waals surface area contributed by atoms with Gasteiger partial charge in [0.15, 0.2) is 5.03 Å². The van der Waals surface area contributed by atoms with Gasteiger partial charge in [-0.15, -0.1) is 0 Å². The number of H-pyrrole nitrogens is 1. The van der Waals surface area contributed by atoms with Gasteiger partial charge in [0.05, 0.1) is 10.6 Å². The Labute approximate surface area is 155 Å². The summed E-state index contributed by atoms with van der Waals surface area (Å²) in [6.07, 6.45) is 0. The van der Waals surface area contributed by atoms with E-state index < -0.39 is 15.7 Å². The molecule has 0 aliphatic rings. The first kappa shape index (κ1) is 18.2. The maximum Gasteiger partial charge on any atom is 0.227 e. The molecule has 0 bridgehead atoms. The molecule has 3 rings (SSSR count). The third-order valence-electron chi connectivity index (χ3n) is 3.64. The highest BCUT2D eigenvalue weighted by Crippen LogP contribution is 2.31. The normalized spacial score (nSPS) is 11.4. The summed E-state index contributed by atoms with van der Waals surface area (Å²) in [5.74, 6) is -0.181. The zero-order chi connectivity index (χ0) is 18.7. The lowest BCUT2D eigenvalue weighted by Gasteiger charge is -2.04. The summed E-state index contributed by atoms with van der Waals surface area (Å²) in [6, 6.07) is 15.6. The number of aromatic amines is 1. The maximum atomic E-state index is 13.0. The number of primary amides is 1. The summed E-state index contributed by atoms with van der Waals surface area (Å²) in [6.45, 7) is 1.96. The van der Waals surface area contributed by atoms with Gasteiger partial charge in [0.2, 0.25) is 15.7 Å². The van der Waals surface area contributed by atoms with E-state index in [-0.39, 0.29) is 20.7 Å². The molecule has 134 valence electrons. The summed E-state index contributed by atoms with van der Waals surface area (Å²) >= 11 is 0.999. The van der Waals surface area contributed by atoms with Crippen molar-refractivity contribution in [1.29, 1.82) is 0 Å². The van der Waals surface area contributed by atoms with Crippen molar-refractivity contribution in [3.63, 3.8) is 0 Å². The number of thioether (sulfide) groups is 1. The van der Waals surface area contributed by atoms with Crippen LogP contribution < -0.4 is 5.73 Å². The first-order valence-electron chi connectivity index (χ1n) is 7.76. The van der Waals surface area contributed by atoms with Crippen LogP contribution in [0.15, 0.2) is 69.5 Å². The average molecular weight is 387 g/mol. The van der Waals surface area contributed by atoms with E-state index in [2.05, 4.69) is 9.97 Å². The van der Waals surface area contributed by atoms with Crippen LogP contribution in [-0.4, -0.2) is 30.0 Å². The van der Waals surface area contributed by atoms with Gasteiger partial charge in [-0.3, -0.25) is 4.79 Å². The third-order valence-corrected chi connectivity index (χ3v) is 6.49. The molecule has 3 N–H and O–H groups in total. The van der Waals surface area contributed by atoms with Crippen molar-refractivity contribution >= 4 is 27.5 Å². The minimum atomic E-state index is -3.80. The van der Waals surface area contributed by atoms with E-state index in [4.69, 9.17) is 5.73 Å². The van der Waals surface area contributed by atoms with E-state index in [1.165, 1.54) is 12.1 Å². The molecule has 0 saturated heterocycles. The van der Waals surface area contributed by atoms with E-state index >= 15 is 0 Å². The Hall–Kier alpha value is -2.58. The molecule has 0 saturated carbocycles. The monoisotopic (exact) mass is 387 g/mol. The van der Waals surface area contributed by atoms with Gasteiger partial charge in [0.1, 0.15) is 10.9 Å². The average Bonchev–Trinajstić information content (AvgIpc) is 3.06. The van der Waals surface area contributed by atoms with Gasteiger partial charge in [0.25, 0.3) is 0 Å². The molecule has 1 amide bonds. The molecular formula is C18H17N3O3S2. The van der Waals surface area contributed by atoms with Crippen molar-refractivity contribution in [1.82, 2.24) is 9.97 Å². The van der Waals surface area contributed by atoms with E-state index in [9.17, 15) is 13.2 Å². The molecule has 0 spiro atoms. The molecule has 1 heterocycles. The molecule has 2 aromatic carbocycles. The van der Waals surface area contributed by atoms with Gasteiger partial charge in [-0.2, -0.15) is 0 Å². The van der Waals surface area contributed by atoms with Crippen molar-refractivity contribution < 1.29 is 13.2 Å². The minimum absolute atomic E-state index is 0.0366. The largest absolute Gasteiger partial charge is 0.369 e. The summed E-state index contributed by atoms with van der Waals surface area (Å²) in [7, 11) is -3.80. The summed E-state index contributed by atoms with van der Waals surface area (Å²) in [4.78, 5) is 18.6. The Bertz CT molecular complexity index is 1030. The number of aryl methyl sites for hydroxylation is 1. The topological polar surface area (TPSA) is 106 Å². The molecule has 26 heavy (non-hydrogen) atoms. The van der Waals surface area contributed by atoms with Crippen LogP contribution in [0.4, 0.5) is 0 Å². The second kappa shape index (κ2) is 7.35. The SMILES string of the molecule is Cc1ccc(-c2nc(SCC(N)=O)c(S(=O)(=O)c3ccccc3)[nH]2)cc1. The number of nitrogens with zero attached hydrogens (tertiary/aromatic N) is 1. The van der Waals surface area contributed by atoms with Gasteiger partial charge in [0, 0.05) is 5.56 Å². The number of rotatable bonds is 6. The standard InChI is InChI=1S/C18H17N3O3S2/c1-12-7-9-13(10-8-12)16-20-17(25-11-15(19)22)18(21-16)26(23,24)14-5-3-2-4-6-14/h2-10H,11H2,1H3,(H2,19,22)(H,20,21). The highest BCUT2D eigenvalue weighted by molar-refractivity contribution is 8.00. The minimum Gasteiger partial charge on any atom is -0.369 e. The first-order valence-corrected chi connectivity index (χ1v) is 10.2. The Balaban J connectivity index is 2.10. The number of carbonyl (C=O) groups excluding carboxylic acids is 1. The van der Waals surface area contributed by atoms with Crippen LogP contribution in [0.1, 0.15) is 5.56 Å². The van der Waals surface area contributed by atoms with Crippen molar-refractivity contribution in [2.24, 2.45) is 5.73 Å². The second-order valence-electron chi connectivity index (χ2n) is 5.66. The number of sulfone groups is 1. The van der Waals surface area contributed by atoms with Crippen LogP contribution in [-0.2, 0) is 14.6 Å². The van der Waals surface area contributed by atoms with Crippen molar-refractivity contribution in [3.8, 4) is 11.4 Å². The lowest BCUT2D eigenvalue weighted by atomic mass is 10.1. The zero-order valence-electron chi connectivity index (χ0n) is 14.0. The fraction of sp³-hybridized carbons (Fsp3) is 0.111. The molecular weight excluding hydrogens is 370 g/mol. The fourth-order valence-electron chi connectivity index (χ4n) is 2.33. The summed E-state index contributed by atoms with van der Waals surface area (Å²) in [5, 5.41) is 0.189. The fourth-order valence-corrected chi connectivity index (χ4v) is 4.71. The zero-order valence-corrected chi connectivity index (χ0v) is 15.6. The van der Waals surface area contributed by atoms with Crippen LogP contribution in [0, 0.1) is 6.92 Å². The van der Waals surface area contributed by atoms with E-state index in [1.807, 2.05) is 31.2 Å². The number of nitrogens with one attached hydrogen (secondary N) is 1. The highest BCUT2D eigenvalue weighted by Gasteiger charge is 2.26. The molecule has 3 aromatic rings. The van der Waals surface area contributed by atoms with Crippen LogP contribution >= 0.6 is 11.8 Å². The van der Waals surface area contributed by atoms with Gasteiger partial charge in [-0.05, 0) is 19.1 Å². The number of imidazole rings is 1. The Kier molecular flexibility index (Phi) is 5.15. The van der Waals surface area contributed by atoms with Crippen molar-refractivity contribution in [2.75, 3.05) is 5.75 Å². The molecule has 0 atom stereocenters. The molecule has 1 aromatic heterocycles. The molecule has 0 aliphatic carbocycles. The second-order valence-corrected chi connectivity index (χ2v) is 8.51. The third kappa shape index (κ3) is 3.81. The Morgan fingerprint density at radius 1 is 1.12 bits per heavy atom. The molecule has 0 radical (unpaired) electrons. The van der Waals surface area contributed by atoms with Gasteiger partial charge < -0.3 is 10.7 Å². The molecule has 6 nitrogen and oxygen atoms in total. The quantitative estimate of drug-likeness (QED) is 0.633. The number of carbonyl (C=O) groups is 1. The summed E-state index contributed by atoms with van der Waals surface area (Å²) < 4.78 is 26.0. The van der Waals surface area contributed by atoms with Crippen molar-refractivity contribution in [3.05, 3.63) is 60.2 Å². The summed E-state index contributed by atoms with van der Waals surface area (Å²) in [5.41, 5.74) is 7.04. The van der Waals surface area contributed by atoms with Gasteiger partial charge >= 0.3 is 0 Å². The van der Waals surface area contributed by atoms with E-state index in [0.717, 1.165) is 22.9 Å². The van der Waals surface area contributed by atoms with Gasteiger partial charge in [-0.1, -0.05) is 59.8 Å². The number of hydrogen-bond acceptors (Lipinski definition) is 5. The van der Waals surface area contributed by atoms with Crippen LogP contribution in [0.2, 0.25) is 0 Å². The maximum absolute atomic E-state index is 13.0. The smallest absolute Gasteiger partial charge is 0.227 e. The number of benzene rings is 2. The van der Waals surface area contributed by atoms with Gasteiger partial charge in [-0.25, -0.2) is 13.4 Å². The lowest BCUT2D eigenvalue weighted by Crippen LogP contribution is -2.13. The number of aromatic nitrogens is 2. The Morgan fingerprint density at radius 3 is 2.38 bits per heavy atom. The number of amides is 1. The Morgan fingerprint density at radius 2 is 1.77 bits per heavy atom. The molecule has 8 heteroatoms. The highest BCUT2D eigenvalue weighted by atomic mass is 32.2. The van der Waals surface area contributed by atoms with E-state index in [1.54, 1.807) is 18.2 Å². The van der Waals surface area contributed by atoms with Crippen LogP contribution in [0.3, 0.4) is 0 Å². The predicted octanol–water partition coefficient (Wildman–Crippen LogP) is 2.80. The van der Waals surface area contributed by atoms with E-state index in [0.29, 0.717) is 5.82 Å². The lowest BCUT2D eigenvalue weighted by molar-refractivity contribution is -0.115. The molecule has 0 aliphatic heterocycles. The predicted molar refractivity (Wildman–Crippen MR) is 101 cm³/mol.